The molecule has 0 saturated carbocycles. The molecule has 1 atom stereocenters. The Bertz CT molecular complexity index is 719. The number of esters is 1. The largest absolute Gasteiger partial charge is 0.459 e. The Balaban J connectivity index is 2.23. The van der Waals surface area contributed by atoms with Crippen molar-refractivity contribution in [3.05, 3.63) is 71.3 Å². The van der Waals surface area contributed by atoms with Crippen molar-refractivity contribution in [2.75, 3.05) is 0 Å². The maximum absolute atomic E-state index is 12.8. The number of ether oxygens (including phenoxy) is 1. The number of halogens is 3. The smallest absolute Gasteiger partial charge is 0.416 e. The monoisotopic (exact) mass is 365 g/mol. The zero-order valence-corrected chi connectivity index (χ0v) is 14.9. The third-order valence-corrected chi connectivity index (χ3v) is 3.57. The van der Waals surface area contributed by atoms with Crippen LogP contribution in [0.4, 0.5) is 13.2 Å². The summed E-state index contributed by atoms with van der Waals surface area (Å²) in [5.41, 5.74) is -0.0845. The van der Waals surface area contributed by atoms with E-state index in [2.05, 4.69) is 5.32 Å². The second kappa shape index (κ2) is 7.91. The summed E-state index contributed by atoms with van der Waals surface area (Å²) < 4.78 is 43.7. The number of carbonyl (C=O) groups excluding carboxylic acids is 1. The molecule has 0 saturated heterocycles. The molecule has 0 spiro atoms. The molecule has 0 bridgehead atoms. The molecule has 1 N–H and O–H groups in total. The average Bonchev–Trinajstić information content (AvgIpc) is 2.54. The van der Waals surface area contributed by atoms with Crippen molar-refractivity contribution < 1.29 is 22.7 Å². The van der Waals surface area contributed by atoms with Crippen molar-refractivity contribution in [3.63, 3.8) is 0 Å². The number of carbonyl (C=O) groups is 1. The summed E-state index contributed by atoms with van der Waals surface area (Å²) in [5.74, 6) is -0.534. The zero-order chi connectivity index (χ0) is 19.4. The van der Waals surface area contributed by atoms with Crippen LogP contribution in [0.2, 0.25) is 0 Å². The molecule has 2 aromatic carbocycles. The van der Waals surface area contributed by atoms with Gasteiger partial charge < -0.3 is 4.74 Å². The molecule has 3 nitrogen and oxygen atoms in total. The van der Waals surface area contributed by atoms with Crippen LogP contribution in [-0.2, 0) is 22.3 Å². The molecule has 26 heavy (non-hydrogen) atoms. The van der Waals surface area contributed by atoms with Crippen LogP contribution in [0.5, 0.6) is 0 Å². The summed E-state index contributed by atoms with van der Waals surface area (Å²) in [5, 5.41) is 3.08. The van der Waals surface area contributed by atoms with Crippen molar-refractivity contribution in [1.29, 1.82) is 0 Å². The van der Waals surface area contributed by atoms with Crippen LogP contribution >= 0.6 is 0 Å². The van der Waals surface area contributed by atoms with Gasteiger partial charge in [0.05, 0.1) is 5.56 Å². The predicted molar refractivity (Wildman–Crippen MR) is 93.3 cm³/mol. The second-order valence-electron chi connectivity index (χ2n) is 6.95. The summed E-state index contributed by atoms with van der Waals surface area (Å²) in [6.07, 6.45) is -4.42. The lowest BCUT2D eigenvalue weighted by Gasteiger charge is -2.25. The molecule has 2 rings (SSSR count). The van der Waals surface area contributed by atoms with Crippen LogP contribution in [0.25, 0.3) is 0 Å². The van der Waals surface area contributed by atoms with E-state index in [1.807, 2.05) is 30.3 Å². The Morgan fingerprint density at radius 1 is 1.00 bits per heavy atom. The van der Waals surface area contributed by atoms with Crippen LogP contribution < -0.4 is 5.32 Å². The first-order valence-electron chi connectivity index (χ1n) is 8.23. The lowest BCUT2D eigenvalue weighted by molar-refractivity contribution is -0.157. The van der Waals surface area contributed by atoms with Crippen molar-refractivity contribution in [2.45, 2.75) is 45.1 Å². The van der Waals surface area contributed by atoms with E-state index >= 15 is 0 Å². The standard InChI is InChI=1S/C20H22F3NO2/c1-19(2,3)26-18(25)17(24-13-14-7-5-4-6-8-14)15-9-11-16(12-10-15)20(21,22)23/h4-12,17,24H,13H2,1-3H3. The van der Waals surface area contributed by atoms with E-state index in [1.54, 1.807) is 20.8 Å². The molecule has 0 heterocycles. The molecule has 0 fully saturated rings. The van der Waals surface area contributed by atoms with Crippen molar-refractivity contribution in [2.24, 2.45) is 0 Å². The van der Waals surface area contributed by atoms with Gasteiger partial charge in [-0.1, -0.05) is 42.5 Å². The van der Waals surface area contributed by atoms with E-state index in [-0.39, 0.29) is 0 Å². The molecular formula is C20H22F3NO2. The molecule has 0 aliphatic rings. The van der Waals surface area contributed by atoms with Crippen molar-refractivity contribution >= 4 is 5.97 Å². The van der Waals surface area contributed by atoms with Gasteiger partial charge in [0.1, 0.15) is 11.6 Å². The molecule has 1 unspecified atom stereocenters. The zero-order valence-electron chi connectivity index (χ0n) is 14.9. The number of alkyl halides is 3. The van der Waals surface area contributed by atoms with Gasteiger partial charge in [-0.15, -0.1) is 0 Å². The van der Waals surface area contributed by atoms with Gasteiger partial charge in [0.15, 0.2) is 0 Å². The SMILES string of the molecule is CC(C)(C)OC(=O)C(NCc1ccccc1)c1ccc(C(F)(F)F)cc1. The molecule has 0 aliphatic heterocycles. The maximum atomic E-state index is 12.8. The molecular weight excluding hydrogens is 343 g/mol. The molecule has 6 heteroatoms. The Morgan fingerprint density at radius 3 is 2.08 bits per heavy atom. The van der Waals surface area contributed by atoms with Crippen molar-refractivity contribution in [3.8, 4) is 0 Å². The van der Waals surface area contributed by atoms with Crippen LogP contribution in [-0.4, -0.2) is 11.6 Å². The van der Waals surface area contributed by atoms with E-state index in [9.17, 15) is 18.0 Å². The van der Waals surface area contributed by atoms with Gasteiger partial charge in [-0.3, -0.25) is 5.32 Å². The molecule has 2 aromatic rings. The van der Waals surface area contributed by atoms with Crippen LogP contribution in [0, 0.1) is 0 Å². The van der Waals surface area contributed by atoms with Gasteiger partial charge in [0, 0.05) is 6.54 Å². The Morgan fingerprint density at radius 2 is 1.58 bits per heavy atom. The van der Waals surface area contributed by atoms with Gasteiger partial charge >= 0.3 is 12.1 Å². The fourth-order valence-electron chi connectivity index (χ4n) is 2.38. The number of nitrogens with one attached hydrogen (secondary N) is 1. The number of rotatable bonds is 5. The lowest BCUT2D eigenvalue weighted by atomic mass is 10.0. The van der Waals surface area contributed by atoms with Crippen LogP contribution in [0.1, 0.15) is 43.5 Å². The summed E-state index contributed by atoms with van der Waals surface area (Å²) in [4.78, 5) is 12.6. The van der Waals surface area contributed by atoms with Gasteiger partial charge in [-0.05, 0) is 44.0 Å². The maximum Gasteiger partial charge on any atom is 0.416 e. The van der Waals surface area contributed by atoms with E-state index in [0.717, 1.165) is 17.7 Å². The number of hydrogen-bond acceptors (Lipinski definition) is 3. The van der Waals surface area contributed by atoms with E-state index in [0.29, 0.717) is 12.1 Å². The Kier molecular flexibility index (Phi) is 6.08. The fraction of sp³-hybridized carbons (Fsp3) is 0.350. The Hall–Kier alpha value is -2.34. The summed E-state index contributed by atoms with van der Waals surface area (Å²) in [7, 11) is 0. The highest BCUT2D eigenvalue weighted by atomic mass is 19.4. The van der Waals surface area contributed by atoms with Crippen LogP contribution in [0.15, 0.2) is 54.6 Å². The van der Waals surface area contributed by atoms with E-state index in [1.165, 1.54) is 12.1 Å². The highest BCUT2D eigenvalue weighted by Gasteiger charge is 2.31. The van der Waals surface area contributed by atoms with Gasteiger partial charge in [-0.25, -0.2) is 4.79 Å². The summed E-state index contributed by atoms with van der Waals surface area (Å²) >= 11 is 0. The highest BCUT2D eigenvalue weighted by Crippen LogP contribution is 2.30. The second-order valence-corrected chi connectivity index (χ2v) is 6.95. The van der Waals surface area contributed by atoms with E-state index in [4.69, 9.17) is 4.74 Å². The van der Waals surface area contributed by atoms with Gasteiger partial charge in [-0.2, -0.15) is 13.2 Å². The normalized spacial score (nSPS) is 13.3. The third kappa shape index (κ3) is 5.88. The first-order chi connectivity index (χ1) is 12.1. The minimum atomic E-state index is -4.42. The lowest BCUT2D eigenvalue weighted by Crippen LogP contribution is -2.34. The molecule has 0 aromatic heterocycles. The quantitative estimate of drug-likeness (QED) is 0.768. The topological polar surface area (TPSA) is 38.3 Å². The van der Waals surface area contributed by atoms with Gasteiger partial charge in [0.25, 0.3) is 0 Å². The molecule has 140 valence electrons. The van der Waals surface area contributed by atoms with Crippen molar-refractivity contribution in [1.82, 2.24) is 5.32 Å². The third-order valence-electron chi connectivity index (χ3n) is 3.57. The predicted octanol–water partition coefficient (Wildman–Crippen LogP) is 4.88. The Labute approximate surface area is 151 Å². The summed E-state index contributed by atoms with van der Waals surface area (Å²) in [6.45, 7) is 5.61. The average molecular weight is 365 g/mol. The molecule has 0 aliphatic carbocycles. The summed E-state index contributed by atoms with van der Waals surface area (Å²) in [6, 6.07) is 13.1. The first-order valence-corrected chi connectivity index (χ1v) is 8.23. The molecule has 0 amide bonds. The molecule has 0 radical (unpaired) electrons. The van der Waals surface area contributed by atoms with Crippen LogP contribution in [0.3, 0.4) is 0 Å². The minimum absolute atomic E-state index is 0.381. The highest BCUT2D eigenvalue weighted by molar-refractivity contribution is 5.78. The number of benzene rings is 2. The fourth-order valence-corrected chi connectivity index (χ4v) is 2.38. The van der Waals surface area contributed by atoms with Gasteiger partial charge in [0.2, 0.25) is 0 Å². The number of hydrogen-bond donors (Lipinski definition) is 1. The van der Waals surface area contributed by atoms with E-state index < -0.39 is 29.4 Å². The first kappa shape index (κ1) is 20.0. The minimum Gasteiger partial charge on any atom is -0.459 e.